The fraction of sp³-hybridized carbons (Fsp3) is 0.259. The van der Waals surface area contributed by atoms with Crippen molar-refractivity contribution in [3.63, 3.8) is 0 Å². The van der Waals surface area contributed by atoms with Gasteiger partial charge in [0.25, 0.3) is 11.8 Å². The number of aromatic nitrogens is 3. The van der Waals surface area contributed by atoms with E-state index in [9.17, 15) is 32.3 Å². The van der Waals surface area contributed by atoms with Crippen molar-refractivity contribution in [2.24, 2.45) is 0 Å². The van der Waals surface area contributed by atoms with Crippen LogP contribution < -0.4 is 20.7 Å². The minimum Gasteiger partial charge on any atom is -0.495 e. The number of pyridine rings is 1. The summed E-state index contributed by atoms with van der Waals surface area (Å²) in [5.41, 5.74) is 0.790. The minimum atomic E-state index is -4.61. The van der Waals surface area contributed by atoms with Crippen LogP contribution in [-0.2, 0) is 0 Å². The number of hydrogen-bond donors (Lipinski definition) is 4. The zero-order valence-corrected chi connectivity index (χ0v) is 22.1. The quantitative estimate of drug-likeness (QED) is 0.222. The van der Waals surface area contributed by atoms with Gasteiger partial charge in [-0.25, -0.2) is 8.91 Å². The molecule has 2 heterocycles. The van der Waals surface area contributed by atoms with E-state index in [1.165, 1.54) is 23.8 Å². The first-order valence-corrected chi connectivity index (χ1v) is 12.2. The second kappa shape index (κ2) is 11.4. The summed E-state index contributed by atoms with van der Waals surface area (Å²) in [4.78, 5) is 28.9. The molecule has 0 bridgehead atoms. The van der Waals surface area contributed by atoms with E-state index >= 15 is 0 Å². The Morgan fingerprint density at radius 1 is 1.02 bits per heavy atom. The van der Waals surface area contributed by atoms with Crippen molar-refractivity contribution in [1.82, 2.24) is 25.2 Å². The molecule has 0 spiro atoms. The number of carbonyl (C=O) groups excluding carboxylic acids is 2. The maximum absolute atomic E-state index is 14.6. The van der Waals surface area contributed by atoms with Crippen molar-refractivity contribution in [2.45, 2.75) is 25.6 Å². The van der Waals surface area contributed by atoms with Crippen LogP contribution in [0.15, 0.2) is 54.7 Å². The Morgan fingerprint density at radius 3 is 2.41 bits per heavy atom. The Kier molecular flexibility index (Phi) is 8.14. The number of anilines is 2. The Morgan fingerprint density at radius 2 is 1.76 bits per heavy atom. The number of rotatable bonds is 9. The van der Waals surface area contributed by atoms with Gasteiger partial charge in [0.2, 0.25) is 5.95 Å². The van der Waals surface area contributed by atoms with Gasteiger partial charge in [-0.15, -0.1) is 5.10 Å². The monoisotopic (exact) mass is 574 g/mol. The van der Waals surface area contributed by atoms with Crippen molar-refractivity contribution < 1.29 is 37.0 Å². The van der Waals surface area contributed by atoms with Gasteiger partial charge in [0.05, 0.1) is 30.5 Å². The number of nitrogens with one attached hydrogen (secondary N) is 3. The van der Waals surface area contributed by atoms with Gasteiger partial charge in [-0.3, -0.25) is 9.59 Å². The van der Waals surface area contributed by atoms with Crippen LogP contribution in [0.5, 0.6) is 5.75 Å². The van der Waals surface area contributed by atoms with E-state index in [4.69, 9.17) is 4.74 Å². The van der Waals surface area contributed by atoms with Gasteiger partial charge in [-0.05, 0) is 61.9 Å². The fourth-order valence-electron chi connectivity index (χ4n) is 3.74. The first-order chi connectivity index (χ1) is 19.3. The number of aliphatic hydroxyl groups is 1. The third kappa shape index (κ3) is 7.08. The van der Waals surface area contributed by atoms with Crippen LogP contribution >= 0.6 is 0 Å². The molecule has 41 heavy (non-hydrogen) atoms. The number of hydrogen-bond acceptors (Lipinski definition) is 7. The van der Waals surface area contributed by atoms with Crippen LogP contribution in [0.1, 0.15) is 34.6 Å². The highest BCUT2D eigenvalue weighted by molar-refractivity contribution is 5.96. The van der Waals surface area contributed by atoms with Gasteiger partial charge in [0, 0.05) is 17.3 Å². The molecule has 0 aliphatic rings. The second-order valence-electron chi connectivity index (χ2n) is 9.68. The average molecular weight is 575 g/mol. The second-order valence-corrected chi connectivity index (χ2v) is 9.68. The van der Waals surface area contributed by atoms with Crippen molar-refractivity contribution in [3.8, 4) is 16.9 Å². The third-order valence-corrected chi connectivity index (χ3v) is 5.88. The van der Waals surface area contributed by atoms with Crippen LogP contribution in [0, 0.1) is 5.82 Å². The minimum absolute atomic E-state index is 0.196. The summed E-state index contributed by atoms with van der Waals surface area (Å²) in [6.07, 6.45) is -3.05. The highest BCUT2D eigenvalue weighted by Gasteiger charge is 2.28. The van der Waals surface area contributed by atoms with E-state index in [1.54, 1.807) is 49.6 Å². The number of aliphatic hydroxyl groups excluding tert-OH is 1. The molecule has 0 unspecified atom stereocenters. The molecular weight excluding hydrogens is 548 g/mol. The van der Waals surface area contributed by atoms with Gasteiger partial charge in [0.15, 0.2) is 5.65 Å². The van der Waals surface area contributed by atoms with E-state index in [0.717, 1.165) is 12.1 Å². The number of benzene rings is 2. The summed E-state index contributed by atoms with van der Waals surface area (Å²) in [6.45, 7) is 1.57. The van der Waals surface area contributed by atoms with Crippen molar-refractivity contribution in [3.05, 3.63) is 71.7 Å². The number of methoxy groups -OCH3 is 1. The lowest BCUT2D eigenvalue weighted by atomic mass is 10.0. The van der Waals surface area contributed by atoms with Crippen molar-refractivity contribution in [2.75, 3.05) is 25.6 Å². The smallest absolute Gasteiger partial charge is 0.405 e. The summed E-state index contributed by atoms with van der Waals surface area (Å²) < 4.78 is 58.5. The predicted molar refractivity (Wildman–Crippen MR) is 142 cm³/mol. The molecule has 0 fully saturated rings. The molecule has 0 radical (unpaired) electrons. The predicted octanol–water partition coefficient (Wildman–Crippen LogP) is 4.08. The lowest BCUT2D eigenvalue weighted by Gasteiger charge is -2.23. The number of amides is 2. The number of halogens is 4. The maximum Gasteiger partial charge on any atom is 0.405 e. The zero-order valence-electron chi connectivity index (χ0n) is 22.1. The van der Waals surface area contributed by atoms with E-state index in [-0.39, 0.29) is 12.6 Å². The highest BCUT2D eigenvalue weighted by atomic mass is 19.4. The largest absolute Gasteiger partial charge is 0.495 e. The maximum atomic E-state index is 14.6. The van der Waals surface area contributed by atoms with Gasteiger partial charge in [0.1, 0.15) is 18.1 Å². The molecule has 4 N–H and O–H groups in total. The van der Waals surface area contributed by atoms with Crippen LogP contribution in [0.25, 0.3) is 16.8 Å². The highest BCUT2D eigenvalue weighted by Crippen LogP contribution is 2.29. The Balaban J connectivity index is 1.52. The molecule has 0 saturated carbocycles. The zero-order chi connectivity index (χ0) is 29.9. The van der Waals surface area contributed by atoms with Gasteiger partial charge in [-0.1, -0.05) is 6.07 Å². The van der Waals surface area contributed by atoms with Crippen LogP contribution in [0.4, 0.5) is 29.2 Å². The van der Waals surface area contributed by atoms with E-state index in [1.807, 2.05) is 0 Å². The van der Waals surface area contributed by atoms with E-state index in [2.05, 4.69) is 20.7 Å². The number of carbonyl (C=O) groups is 2. The molecule has 0 atom stereocenters. The van der Waals surface area contributed by atoms with Crippen LogP contribution in [0.3, 0.4) is 0 Å². The molecule has 4 aromatic rings. The molecule has 2 amide bonds. The Hall–Kier alpha value is -4.72. The van der Waals surface area contributed by atoms with Gasteiger partial charge in [-0.2, -0.15) is 18.2 Å². The van der Waals surface area contributed by atoms with Gasteiger partial charge < -0.3 is 25.8 Å². The molecule has 0 aliphatic carbocycles. The standard InChI is InChI=1S/C27H26F4N6O4/c1-26(2,14-38)35-23(39)16-5-8-20(21(11-16)41-3)33-25-34-22-9-6-17(12-37(22)36-25)15-4-7-18(19(28)10-15)24(40)32-13-27(29,30)31/h4-12,38H,13-14H2,1-3H3,(H,32,40)(H,33,36)(H,35,39). The van der Waals surface area contributed by atoms with Crippen molar-refractivity contribution in [1.29, 1.82) is 0 Å². The Labute approximate surface area is 231 Å². The summed E-state index contributed by atoms with van der Waals surface area (Å²) in [5, 5.41) is 21.2. The number of ether oxygens (including phenoxy) is 1. The summed E-state index contributed by atoms with van der Waals surface area (Å²) in [6, 6.07) is 11.6. The molecule has 2 aromatic heterocycles. The summed E-state index contributed by atoms with van der Waals surface area (Å²) in [5.74, 6) is -2.01. The molecule has 0 aliphatic heterocycles. The molecule has 216 valence electrons. The molecule has 10 nitrogen and oxygen atoms in total. The summed E-state index contributed by atoms with van der Waals surface area (Å²) >= 11 is 0. The lowest BCUT2D eigenvalue weighted by molar-refractivity contribution is -0.123. The number of fused-ring (bicyclic) bond motifs is 1. The molecule has 4 rings (SSSR count). The van der Waals surface area contributed by atoms with E-state index < -0.39 is 41.5 Å². The fourth-order valence-corrected chi connectivity index (χ4v) is 3.74. The van der Waals surface area contributed by atoms with Crippen molar-refractivity contribution >= 4 is 29.1 Å². The molecule has 14 heteroatoms. The first kappa shape index (κ1) is 29.3. The third-order valence-electron chi connectivity index (χ3n) is 5.88. The average Bonchev–Trinajstić information content (AvgIpc) is 3.32. The first-order valence-electron chi connectivity index (χ1n) is 12.2. The SMILES string of the molecule is COc1cc(C(=O)NC(C)(C)CO)ccc1Nc1nc2ccc(-c3ccc(C(=O)NCC(F)(F)F)c(F)c3)cn2n1. The van der Waals surface area contributed by atoms with Crippen LogP contribution in [-0.4, -0.2) is 63.5 Å². The van der Waals surface area contributed by atoms with Crippen LogP contribution in [0.2, 0.25) is 0 Å². The number of alkyl halides is 3. The Bertz CT molecular complexity index is 1600. The molecule has 2 aromatic carbocycles. The topological polar surface area (TPSA) is 130 Å². The molecular formula is C27H26F4N6O4. The summed E-state index contributed by atoms with van der Waals surface area (Å²) in [7, 11) is 1.44. The number of nitrogens with zero attached hydrogens (tertiary/aromatic N) is 3. The lowest BCUT2D eigenvalue weighted by Crippen LogP contribution is -2.46. The van der Waals surface area contributed by atoms with E-state index in [0.29, 0.717) is 33.8 Å². The molecule has 0 saturated heterocycles. The normalized spacial score (nSPS) is 11.8. The van der Waals surface area contributed by atoms with Gasteiger partial charge >= 0.3 is 6.18 Å².